The Bertz CT molecular complexity index is 499. The van der Waals surface area contributed by atoms with Gasteiger partial charge in [-0.2, -0.15) is 0 Å². The summed E-state index contributed by atoms with van der Waals surface area (Å²) in [5.74, 6) is 2.57. The number of ether oxygens (including phenoxy) is 2. The summed E-state index contributed by atoms with van der Waals surface area (Å²) in [5.41, 5.74) is 2.31. The zero-order valence-corrected chi connectivity index (χ0v) is 13.8. The topological polar surface area (TPSA) is 54.9 Å². The molecule has 5 nitrogen and oxygen atoms in total. The molecule has 1 fully saturated rings. The molecule has 0 saturated heterocycles. The first kappa shape index (κ1) is 16.6. The summed E-state index contributed by atoms with van der Waals surface area (Å²) in [7, 11) is 3.48. The average Bonchev–Trinajstić information content (AvgIpc) is 3.33. The molecule has 1 aromatic rings. The molecule has 1 aliphatic rings. The van der Waals surface area contributed by atoms with Crippen molar-refractivity contribution in [3.05, 3.63) is 29.3 Å². The number of methoxy groups -OCH3 is 1. The third-order valence-electron chi connectivity index (χ3n) is 3.69. The average molecular weight is 305 g/mol. The number of aryl methyl sites for hydroxylation is 1. The van der Waals surface area contributed by atoms with E-state index in [2.05, 4.69) is 40.7 Å². The van der Waals surface area contributed by atoms with Gasteiger partial charge in [0, 0.05) is 32.8 Å². The van der Waals surface area contributed by atoms with Crippen LogP contribution in [-0.2, 0) is 11.3 Å². The highest BCUT2D eigenvalue weighted by molar-refractivity contribution is 5.79. The number of rotatable bonds is 8. The van der Waals surface area contributed by atoms with E-state index < -0.39 is 0 Å². The van der Waals surface area contributed by atoms with Gasteiger partial charge >= 0.3 is 0 Å². The summed E-state index contributed by atoms with van der Waals surface area (Å²) < 4.78 is 10.8. The van der Waals surface area contributed by atoms with Crippen molar-refractivity contribution < 1.29 is 9.47 Å². The largest absolute Gasteiger partial charge is 0.491 e. The summed E-state index contributed by atoms with van der Waals surface area (Å²) >= 11 is 0. The van der Waals surface area contributed by atoms with Gasteiger partial charge in [0.2, 0.25) is 0 Å². The van der Waals surface area contributed by atoms with Gasteiger partial charge in [0.25, 0.3) is 0 Å². The molecule has 2 N–H and O–H groups in total. The van der Waals surface area contributed by atoms with Gasteiger partial charge in [0.05, 0.1) is 6.61 Å². The predicted octanol–water partition coefficient (Wildman–Crippen LogP) is 2.10. The minimum absolute atomic E-state index is 0.557. The zero-order valence-electron chi connectivity index (χ0n) is 13.8. The molecule has 0 radical (unpaired) electrons. The molecule has 2 rings (SSSR count). The van der Waals surface area contributed by atoms with Crippen molar-refractivity contribution in [3.63, 3.8) is 0 Å². The highest BCUT2D eigenvalue weighted by Gasteiger charge is 2.21. The SMILES string of the molecule is CN=C(NCc1ccc(C)cc1OCCOC)NCC1CC1. The molecule has 1 aromatic carbocycles. The maximum absolute atomic E-state index is 5.81. The van der Waals surface area contributed by atoms with E-state index in [9.17, 15) is 0 Å². The van der Waals surface area contributed by atoms with E-state index in [1.807, 2.05) is 0 Å². The van der Waals surface area contributed by atoms with Crippen molar-refractivity contribution in [3.8, 4) is 5.75 Å². The van der Waals surface area contributed by atoms with Crippen LogP contribution in [-0.4, -0.2) is 39.9 Å². The van der Waals surface area contributed by atoms with Crippen LogP contribution in [0.25, 0.3) is 0 Å². The maximum Gasteiger partial charge on any atom is 0.191 e. The lowest BCUT2D eigenvalue weighted by atomic mass is 10.1. The minimum atomic E-state index is 0.557. The van der Waals surface area contributed by atoms with Crippen LogP contribution in [0.4, 0.5) is 0 Å². The number of hydrogen-bond donors (Lipinski definition) is 2. The highest BCUT2D eigenvalue weighted by Crippen LogP contribution is 2.27. The second-order valence-corrected chi connectivity index (χ2v) is 5.70. The first-order valence-electron chi connectivity index (χ1n) is 7.88. The fraction of sp³-hybridized carbons (Fsp3) is 0.588. The van der Waals surface area contributed by atoms with Gasteiger partial charge in [-0.05, 0) is 37.3 Å². The van der Waals surface area contributed by atoms with E-state index in [0.29, 0.717) is 19.8 Å². The van der Waals surface area contributed by atoms with Crippen LogP contribution in [0, 0.1) is 12.8 Å². The van der Waals surface area contributed by atoms with Gasteiger partial charge in [-0.15, -0.1) is 0 Å². The van der Waals surface area contributed by atoms with E-state index in [4.69, 9.17) is 9.47 Å². The Morgan fingerprint density at radius 2 is 2.09 bits per heavy atom. The van der Waals surface area contributed by atoms with Gasteiger partial charge in [0.15, 0.2) is 5.96 Å². The van der Waals surface area contributed by atoms with E-state index in [1.165, 1.54) is 18.4 Å². The van der Waals surface area contributed by atoms with Gasteiger partial charge in [0.1, 0.15) is 12.4 Å². The molecule has 0 heterocycles. The third-order valence-corrected chi connectivity index (χ3v) is 3.69. The molecule has 1 saturated carbocycles. The van der Waals surface area contributed by atoms with Gasteiger partial charge in [-0.1, -0.05) is 12.1 Å². The van der Waals surface area contributed by atoms with Crippen LogP contribution < -0.4 is 15.4 Å². The maximum atomic E-state index is 5.81. The summed E-state index contributed by atoms with van der Waals surface area (Å²) in [6.45, 7) is 4.90. The fourth-order valence-electron chi connectivity index (χ4n) is 2.14. The number of benzene rings is 1. The molecule has 5 heteroatoms. The Kier molecular flexibility index (Phi) is 6.52. The summed E-state index contributed by atoms with van der Waals surface area (Å²) in [6, 6.07) is 6.26. The predicted molar refractivity (Wildman–Crippen MR) is 89.5 cm³/mol. The first-order valence-corrected chi connectivity index (χ1v) is 7.88. The molecule has 22 heavy (non-hydrogen) atoms. The molecule has 0 amide bonds. The molecule has 0 atom stereocenters. The van der Waals surface area contributed by atoms with Crippen molar-refractivity contribution in [2.24, 2.45) is 10.9 Å². The summed E-state index contributed by atoms with van der Waals surface area (Å²) in [4.78, 5) is 4.26. The molecule has 0 spiro atoms. The smallest absolute Gasteiger partial charge is 0.191 e. The molecule has 0 aromatic heterocycles. The molecule has 0 aliphatic heterocycles. The number of hydrogen-bond acceptors (Lipinski definition) is 3. The van der Waals surface area contributed by atoms with Crippen molar-refractivity contribution in [1.29, 1.82) is 0 Å². The summed E-state index contributed by atoms with van der Waals surface area (Å²) in [6.07, 6.45) is 2.67. The zero-order chi connectivity index (χ0) is 15.8. The lowest BCUT2D eigenvalue weighted by molar-refractivity contribution is 0.145. The van der Waals surface area contributed by atoms with Gasteiger partial charge < -0.3 is 20.1 Å². The quantitative estimate of drug-likeness (QED) is 0.439. The third kappa shape index (κ3) is 5.56. The Labute approximate surface area is 133 Å². The van der Waals surface area contributed by atoms with E-state index >= 15 is 0 Å². The first-order chi connectivity index (χ1) is 10.7. The molecule has 1 aliphatic carbocycles. The number of aliphatic imine (C=N–C) groups is 1. The summed E-state index contributed by atoms with van der Waals surface area (Å²) in [5, 5.41) is 6.71. The second-order valence-electron chi connectivity index (χ2n) is 5.70. The molecular formula is C17H27N3O2. The van der Waals surface area contributed by atoms with E-state index in [1.54, 1.807) is 14.2 Å². The van der Waals surface area contributed by atoms with Gasteiger partial charge in [-0.25, -0.2) is 0 Å². The number of nitrogens with one attached hydrogen (secondary N) is 2. The monoisotopic (exact) mass is 305 g/mol. The second kappa shape index (κ2) is 8.63. The lowest BCUT2D eigenvalue weighted by Crippen LogP contribution is -2.37. The molecular weight excluding hydrogens is 278 g/mol. The highest BCUT2D eigenvalue weighted by atomic mass is 16.5. The van der Waals surface area contributed by atoms with Crippen LogP contribution in [0.2, 0.25) is 0 Å². The molecule has 0 bridgehead atoms. The number of guanidine groups is 1. The minimum Gasteiger partial charge on any atom is -0.491 e. The Hall–Kier alpha value is -1.75. The standard InChI is InChI=1S/C17H27N3O2/c1-13-4-7-15(16(10-13)22-9-8-21-3)12-20-17(18-2)19-11-14-5-6-14/h4,7,10,14H,5-6,8-9,11-12H2,1-3H3,(H2,18,19,20). The normalized spacial score (nSPS) is 14.8. The van der Waals surface area contributed by atoms with Crippen molar-refractivity contribution in [2.45, 2.75) is 26.3 Å². The Morgan fingerprint density at radius 3 is 2.77 bits per heavy atom. The van der Waals surface area contributed by atoms with Gasteiger partial charge in [-0.3, -0.25) is 4.99 Å². The fourth-order valence-corrected chi connectivity index (χ4v) is 2.14. The number of nitrogens with zero attached hydrogens (tertiary/aromatic N) is 1. The molecule has 0 unspecified atom stereocenters. The van der Waals surface area contributed by atoms with Crippen LogP contribution in [0.3, 0.4) is 0 Å². The van der Waals surface area contributed by atoms with Crippen LogP contribution in [0.15, 0.2) is 23.2 Å². The van der Waals surface area contributed by atoms with Crippen LogP contribution in [0.1, 0.15) is 24.0 Å². The van der Waals surface area contributed by atoms with Crippen molar-refractivity contribution in [2.75, 3.05) is 33.9 Å². The van der Waals surface area contributed by atoms with E-state index in [-0.39, 0.29) is 0 Å². The lowest BCUT2D eigenvalue weighted by Gasteiger charge is -2.15. The Balaban J connectivity index is 1.89. The molecule has 122 valence electrons. The van der Waals surface area contributed by atoms with Crippen LogP contribution in [0.5, 0.6) is 5.75 Å². The van der Waals surface area contributed by atoms with Crippen molar-refractivity contribution in [1.82, 2.24) is 10.6 Å². The van der Waals surface area contributed by atoms with Crippen molar-refractivity contribution >= 4 is 5.96 Å². The Morgan fingerprint density at radius 1 is 1.27 bits per heavy atom. The van der Waals surface area contributed by atoms with Crippen LogP contribution >= 0.6 is 0 Å². The van der Waals surface area contributed by atoms with E-state index in [0.717, 1.165) is 29.7 Å².